The molecule has 1 N–H and O–H groups in total. The van der Waals surface area contributed by atoms with E-state index in [4.69, 9.17) is 21.1 Å². The van der Waals surface area contributed by atoms with Crippen molar-refractivity contribution < 1.29 is 18.3 Å². The Bertz CT molecular complexity index is 361. The summed E-state index contributed by atoms with van der Waals surface area (Å²) >= 11 is 5.75. The van der Waals surface area contributed by atoms with Crippen LogP contribution >= 0.6 is 11.6 Å². The number of hydrogen-bond acceptors (Lipinski definition) is 3. The second kappa shape index (κ2) is 7.51. The predicted molar refractivity (Wildman–Crippen MR) is 66.9 cm³/mol. The number of halogens is 3. The fraction of sp³-hybridized carbons (Fsp3) is 0.500. The van der Waals surface area contributed by atoms with Crippen LogP contribution in [0.15, 0.2) is 12.1 Å². The van der Waals surface area contributed by atoms with Crippen molar-refractivity contribution >= 4 is 17.3 Å². The molecule has 0 saturated carbocycles. The first-order valence-corrected chi connectivity index (χ1v) is 6.07. The smallest absolute Gasteiger partial charge is 0.174 e. The second-order valence-electron chi connectivity index (χ2n) is 3.47. The Kier molecular flexibility index (Phi) is 6.32. The Morgan fingerprint density at radius 2 is 1.83 bits per heavy atom. The van der Waals surface area contributed by atoms with E-state index in [0.717, 1.165) is 12.1 Å². The molecule has 6 heteroatoms. The van der Waals surface area contributed by atoms with Gasteiger partial charge in [-0.25, -0.2) is 8.78 Å². The van der Waals surface area contributed by atoms with Gasteiger partial charge in [-0.05, 0) is 19.9 Å². The number of nitrogens with one attached hydrogen (secondary N) is 1. The van der Waals surface area contributed by atoms with Crippen LogP contribution in [0.2, 0.25) is 5.02 Å². The molecule has 0 fully saturated rings. The second-order valence-corrected chi connectivity index (χ2v) is 3.87. The number of rotatable bonds is 7. The molecule has 102 valence electrons. The fourth-order valence-electron chi connectivity index (χ4n) is 1.43. The van der Waals surface area contributed by atoms with Gasteiger partial charge in [0.2, 0.25) is 0 Å². The SMILES string of the molecule is CCOC(CNc1c(F)cc(F)cc1Cl)OCC. The Balaban J connectivity index is 2.66. The molecule has 0 aromatic heterocycles. The predicted octanol–water partition coefficient (Wildman–Crippen LogP) is 3.43. The normalized spacial score (nSPS) is 11.0. The Labute approximate surface area is 110 Å². The van der Waals surface area contributed by atoms with Crippen LogP contribution in [0.25, 0.3) is 0 Å². The lowest BCUT2D eigenvalue weighted by molar-refractivity contribution is -0.126. The Hall–Kier alpha value is -0.910. The molecule has 1 aromatic rings. The number of benzene rings is 1. The standard InChI is InChI=1S/C12H16ClF2NO2/c1-3-17-11(18-4-2)7-16-12-9(13)5-8(14)6-10(12)15/h5-6,11,16H,3-4,7H2,1-2H3. The summed E-state index contributed by atoms with van der Waals surface area (Å²) in [6, 6.07) is 1.81. The molecule has 0 spiro atoms. The minimum absolute atomic E-state index is 0.0146. The quantitative estimate of drug-likeness (QED) is 0.776. The van der Waals surface area contributed by atoms with E-state index >= 15 is 0 Å². The molecule has 0 aliphatic carbocycles. The molecule has 0 heterocycles. The van der Waals surface area contributed by atoms with Gasteiger partial charge < -0.3 is 14.8 Å². The zero-order chi connectivity index (χ0) is 13.5. The monoisotopic (exact) mass is 279 g/mol. The summed E-state index contributed by atoms with van der Waals surface area (Å²) in [5.41, 5.74) is 0.0440. The van der Waals surface area contributed by atoms with Gasteiger partial charge in [0, 0.05) is 19.3 Å². The zero-order valence-corrected chi connectivity index (χ0v) is 11.1. The molecule has 1 rings (SSSR count). The molecule has 0 aliphatic rings. The van der Waals surface area contributed by atoms with Crippen molar-refractivity contribution in [2.24, 2.45) is 0 Å². The molecule has 18 heavy (non-hydrogen) atoms. The van der Waals surface area contributed by atoms with Crippen molar-refractivity contribution in [3.63, 3.8) is 0 Å². The molecular formula is C12H16ClF2NO2. The average Bonchev–Trinajstić information content (AvgIpc) is 2.28. The van der Waals surface area contributed by atoms with Gasteiger partial charge in [-0.2, -0.15) is 0 Å². The van der Waals surface area contributed by atoms with E-state index in [2.05, 4.69) is 5.32 Å². The van der Waals surface area contributed by atoms with Crippen LogP contribution in [-0.4, -0.2) is 26.0 Å². The third kappa shape index (κ3) is 4.40. The van der Waals surface area contributed by atoms with Gasteiger partial charge in [-0.3, -0.25) is 0 Å². The largest absolute Gasteiger partial charge is 0.376 e. The topological polar surface area (TPSA) is 30.5 Å². The van der Waals surface area contributed by atoms with Crippen LogP contribution in [0.5, 0.6) is 0 Å². The van der Waals surface area contributed by atoms with Gasteiger partial charge in [0.05, 0.1) is 17.3 Å². The highest BCUT2D eigenvalue weighted by Crippen LogP contribution is 2.26. The molecule has 0 unspecified atom stereocenters. The molecule has 0 atom stereocenters. The highest BCUT2D eigenvalue weighted by Gasteiger charge is 2.13. The molecule has 0 saturated heterocycles. The lowest BCUT2D eigenvalue weighted by Crippen LogP contribution is -2.26. The van der Waals surface area contributed by atoms with E-state index < -0.39 is 17.9 Å². The van der Waals surface area contributed by atoms with Gasteiger partial charge in [0.1, 0.15) is 5.82 Å². The van der Waals surface area contributed by atoms with Gasteiger partial charge in [-0.15, -0.1) is 0 Å². The first-order valence-electron chi connectivity index (χ1n) is 5.70. The molecule has 3 nitrogen and oxygen atoms in total. The average molecular weight is 280 g/mol. The highest BCUT2D eigenvalue weighted by atomic mass is 35.5. The van der Waals surface area contributed by atoms with Gasteiger partial charge in [-0.1, -0.05) is 11.6 Å². The van der Waals surface area contributed by atoms with Crippen molar-refractivity contribution in [3.8, 4) is 0 Å². The van der Waals surface area contributed by atoms with Crippen LogP contribution in [0.1, 0.15) is 13.8 Å². The third-order valence-corrected chi connectivity index (χ3v) is 2.46. The first kappa shape index (κ1) is 15.1. The van der Waals surface area contributed by atoms with Crippen molar-refractivity contribution in [2.75, 3.05) is 25.1 Å². The summed E-state index contributed by atoms with van der Waals surface area (Å²) in [7, 11) is 0. The van der Waals surface area contributed by atoms with Gasteiger partial charge >= 0.3 is 0 Å². The minimum atomic E-state index is -0.744. The summed E-state index contributed by atoms with van der Waals surface area (Å²) in [5, 5.41) is 2.74. The maximum Gasteiger partial charge on any atom is 0.174 e. The van der Waals surface area contributed by atoms with Crippen molar-refractivity contribution in [3.05, 3.63) is 28.8 Å². The van der Waals surface area contributed by atoms with E-state index in [1.54, 1.807) is 0 Å². The van der Waals surface area contributed by atoms with E-state index in [1.165, 1.54) is 0 Å². The Morgan fingerprint density at radius 3 is 2.33 bits per heavy atom. The van der Waals surface area contributed by atoms with E-state index in [1.807, 2.05) is 13.8 Å². The van der Waals surface area contributed by atoms with Crippen molar-refractivity contribution in [1.29, 1.82) is 0 Å². The lowest BCUT2D eigenvalue weighted by atomic mass is 10.3. The summed E-state index contributed by atoms with van der Waals surface area (Å²) in [5.74, 6) is -1.46. The summed E-state index contributed by atoms with van der Waals surface area (Å²) < 4.78 is 36.9. The van der Waals surface area contributed by atoms with Gasteiger partial charge in [0.15, 0.2) is 12.1 Å². The van der Waals surface area contributed by atoms with Crippen LogP contribution in [0.3, 0.4) is 0 Å². The Morgan fingerprint density at radius 1 is 1.22 bits per heavy atom. The molecular weight excluding hydrogens is 264 g/mol. The van der Waals surface area contributed by atoms with Crippen LogP contribution < -0.4 is 5.32 Å². The molecule has 0 bridgehead atoms. The third-order valence-electron chi connectivity index (χ3n) is 2.16. The summed E-state index contributed by atoms with van der Waals surface area (Å²) in [6.07, 6.45) is -0.500. The number of hydrogen-bond donors (Lipinski definition) is 1. The van der Waals surface area contributed by atoms with Crippen LogP contribution in [-0.2, 0) is 9.47 Å². The first-order chi connectivity index (χ1) is 8.58. The molecule has 0 amide bonds. The summed E-state index contributed by atoms with van der Waals surface area (Å²) in [6.45, 7) is 4.84. The van der Waals surface area contributed by atoms with E-state index in [-0.39, 0.29) is 17.3 Å². The molecule has 0 aliphatic heterocycles. The minimum Gasteiger partial charge on any atom is -0.376 e. The lowest BCUT2D eigenvalue weighted by Gasteiger charge is -2.18. The van der Waals surface area contributed by atoms with Crippen LogP contribution in [0.4, 0.5) is 14.5 Å². The maximum absolute atomic E-state index is 13.5. The van der Waals surface area contributed by atoms with Gasteiger partial charge in [0.25, 0.3) is 0 Å². The zero-order valence-electron chi connectivity index (χ0n) is 10.3. The van der Waals surface area contributed by atoms with Crippen molar-refractivity contribution in [2.45, 2.75) is 20.1 Å². The highest BCUT2D eigenvalue weighted by molar-refractivity contribution is 6.33. The van der Waals surface area contributed by atoms with Crippen LogP contribution in [0, 0.1) is 11.6 Å². The maximum atomic E-state index is 13.5. The summed E-state index contributed by atoms with van der Waals surface area (Å²) in [4.78, 5) is 0. The van der Waals surface area contributed by atoms with E-state index in [9.17, 15) is 8.78 Å². The molecule has 1 aromatic carbocycles. The molecule has 0 radical (unpaired) electrons. The number of ether oxygens (including phenoxy) is 2. The fourth-order valence-corrected chi connectivity index (χ4v) is 1.70. The van der Waals surface area contributed by atoms with Crippen molar-refractivity contribution in [1.82, 2.24) is 0 Å². The van der Waals surface area contributed by atoms with E-state index in [0.29, 0.717) is 13.2 Å². The number of anilines is 1.